The Morgan fingerprint density at radius 1 is 1.35 bits per heavy atom. The lowest BCUT2D eigenvalue weighted by atomic mass is 9.87. The first kappa shape index (κ1) is 14.9. The van der Waals surface area contributed by atoms with Crippen molar-refractivity contribution in [3.05, 3.63) is 0 Å². The van der Waals surface area contributed by atoms with E-state index >= 15 is 0 Å². The zero-order chi connectivity index (χ0) is 13.1. The molecule has 0 amide bonds. The molecule has 0 aliphatic carbocycles. The number of rotatable bonds is 5. The topological polar surface area (TPSA) is 55.4 Å². The van der Waals surface area contributed by atoms with Crippen LogP contribution in [0.4, 0.5) is 0 Å². The van der Waals surface area contributed by atoms with Gasteiger partial charge in [-0.2, -0.15) is 0 Å². The van der Waals surface area contributed by atoms with E-state index in [0.29, 0.717) is 5.92 Å². The fourth-order valence-electron chi connectivity index (χ4n) is 2.32. The lowest BCUT2D eigenvalue weighted by Crippen LogP contribution is -2.51. The predicted molar refractivity (Wildman–Crippen MR) is 69.9 cm³/mol. The standard InChI is InChI=1S/C12H25NO3S/c1-12(2,17(4,14)15)11(13-3)9-10-5-7-16-8-6-10/h10-11,13H,5-9H2,1-4H3. The summed E-state index contributed by atoms with van der Waals surface area (Å²) < 4.78 is 28.3. The average molecular weight is 263 g/mol. The summed E-state index contributed by atoms with van der Waals surface area (Å²) in [5.74, 6) is 0.572. The van der Waals surface area contributed by atoms with E-state index < -0.39 is 14.6 Å². The molecule has 1 unspecified atom stereocenters. The van der Waals surface area contributed by atoms with E-state index in [2.05, 4.69) is 5.32 Å². The quantitative estimate of drug-likeness (QED) is 0.810. The van der Waals surface area contributed by atoms with E-state index in [9.17, 15) is 8.42 Å². The van der Waals surface area contributed by atoms with Crippen LogP contribution < -0.4 is 5.32 Å². The van der Waals surface area contributed by atoms with E-state index in [1.54, 1.807) is 0 Å². The van der Waals surface area contributed by atoms with Crippen molar-refractivity contribution in [3.8, 4) is 0 Å². The molecule has 5 heteroatoms. The third-order valence-electron chi connectivity index (χ3n) is 4.05. The maximum absolute atomic E-state index is 11.8. The lowest BCUT2D eigenvalue weighted by molar-refractivity contribution is 0.0595. The van der Waals surface area contributed by atoms with Crippen molar-refractivity contribution in [2.45, 2.75) is 43.9 Å². The van der Waals surface area contributed by atoms with Gasteiger partial charge in [-0.1, -0.05) is 0 Å². The molecule has 0 aromatic heterocycles. The van der Waals surface area contributed by atoms with Gasteiger partial charge in [0.05, 0.1) is 4.75 Å². The molecule has 1 heterocycles. The van der Waals surface area contributed by atoms with Crippen molar-refractivity contribution in [2.24, 2.45) is 5.92 Å². The van der Waals surface area contributed by atoms with Crippen LogP contribution in [0.15, 0.2) is 0 Å². The maximum Gasteiger partial charge on any atom is 0.154 e. The van der Waals surface area contributed by atoms with Gasteiger partial charge in [-0.15, -0.1) is 0 Å². The first-order chi connectivity index (χ1) is 7.79. The summed E-state index contributed by atoms with van der Waals surface area (Å²) in [6.45, 7) is 5.23. The molecule has 0 aromatic carbocycles. The average Bonchev–Trinajstić information content (AvgIpc) is 2.25. The Bertz CT molecular complexity index is 332. The van der Waals surface area contributed by atoms with E-state index in [-0.39, 0.29) is 6.04 Å². The number of nitrogens with one attached hydrogen (secondary N) is 1. The van der Waals surface area contributed by atoms with Gasteiger partial charge in [0, 0.05) is 25.5 Å². The van der Waals surface area contributed by atoms with Gasteiger partial charge < -0.3 is 10.1 Å². The lowest BCUT2D eigenvalue weighted by Gasteiger charge is -2.35. The molecule has 1 aliphatic rings. The second kappa shape index (κ2) is 5.67. The van der Waals surface area contributed by atoms with E-state index in [1.807, 2.05) is 20.9 Å². The molecule has 0 saturated carbocycles. The molecule has 1 saturated heterocycles. The first-order valence-electron chi connectivity index (χ1n) is 6.23. The van der Waals surface area contributed by atoms with Gasteiger partial charge in [-0.3, -0.25) is 0 Å². The Kier molecular flexibility index (Phi) is 4.98. The number of ether oxygens (including phenoxy) is 1. The van der Waals surface area contributed by atoms with Gasteiger partial charge in [0.25, 0.3) is 0 Å². The zero-order valence-electron chi connectivity index (χ0n) is 11.3. The van der Waals surface area contributed by atoms with Crippen LogP contribution in [0.1, 0.15) is 33.1 Å². The normalized spacial score (nSPS) is 21.4. The Morgan fingerprint density at radius 3 is 2.29 bits per heavy atom. The highest BCUT2D eigenvalue weighted by atomic mass is 32.2. The van der Waals surface area contributed by atoms with Gasteiger partial charge in [0.2, 0.25) is 0 Å². The minimum absolute atomic E-state index is 0.000556. The monoisotopic (exact) mass is 263 g/mol. The highest BCUT2D eigenvalue weighted by Gasteiger charge is 2.39. The third kappa shape index (κ3) is 3.66. The van der Waals surface area contributed by atoms with Crippen molar-refractivity contribution >= 4 is 9.84 Å². The molecule has 0 bridgehead atoms. The second-order valence-electron chi connectivity index (χ2n) is 5.51. The Morgan fingerprint density at radius 2 is 1.88 bits per heavy atom. The summed E-state index contributed by atoms with van der Waals surface area (Å²) >= 11 is 0. The Balaban J connectivity index is 2.70. The summed E-state index contributed by atoms with van der Waals surface area (Å²) in [6, 6.07) is 0.000556. The predicted octanol–water partition coefficient (Wildman–Crippen LogP) is 1.21. The van der Waals surface area contributed by atoms with Crippen LogP contribution in [0.25, 0.3) is 0 Å². The molecule has 0 aromatic rings. The number of sulfone groups is 1. The Hall–Kier alpha value is -0.130. The molecular weight excluding hydrogens is 238 g/mol. The van der Waals surface area contributed by atoms with Gasteiger partial charge in [-0.25, -0.2) is 8.42 Å². The van der Waals surface area contributed by atoms with Gasteiger partial charge in [-0.05, 0) is 46.1 Å². The van der Waals surface area contributed by atoms with Crippen LogP contribution in [0.5, 0.6) is 0 Å². The minimum atomic E-state index is -3.06. The van der Waals surface area contributed by atoms with Gasteiger partial charge >= 0.3 is 0 Å². The van der Waals surface area contributed by atoms with Gasteiger partial charge in [0.1, 0.15) is 0 Å². The van der Waals surface area contributed by atoms with Crippen LogP contribution in [0.2, 0.25) is 0 Å². The van der Waals surface area contributed by atoms with Crippen molar-refractivity contribution in [2.75, 3.05) is 26.5 Å². The molecule has 102 valence electrons. The van der Waals surface area contributed by atoms with E-state index in [4.69, 9.17) is 4.74 Å². The largest absolute Gasteiger partial charge is 0.381 e. The van der Waals surface area contributed by atoms with Crippen LogP contribution in [0.3, 0.4) is 0 Å². The van der Waals surface area contributed by atoms with Crippen LogP contribution in [-0.4, -0.2) is 45.7 Å². The Labute approximate surface area is 105 Å². The molecule has 0 radical (unpaired) electrons. The van der Waals surface area contributed by atoms with E-state index in [1.165, 1.54) is 6.26 Å². The van der Waals surface area contributed by atoms with Crippen LogP contribution in [0, 0.1) is 5.92 Å². The molecular formula is C12H25NO3S. The fourth-order valence-corrected chi connectivity index (χ4v) is 3.05. The summed E-state index contributed by atoms with van der Waals surface area (Å²) in [5.41, 5.74) is 0. The zero-order valence-corrected chi connectivity index (χ0v) is 12.1. The fraction of sp³-hybridized carbons (Fsp3) is 1.00. The summed E-state index contributed by atoms with van der Waals surface area (Å²) in [7, 11) is -1.21. The molecule has 1 aliphatic heterocycles. The SMILES string of the molecule is CNC(CC1CCOCC1)C(C)(C)S(C)(=O)=O. The molecule has 1 rings (SSSR count). The molecule has 1 atom stereocenters. The molecule has 17 heavy (non-hydrogen) atoms. The summed E-state index contributed by atoms with van der Waals surface area (Å²) in [6.07, 6.45) is 4.30. The molecule has 1 N–H and O–H groups in total. The summed E-state index contributed by atoms with van der Waals surface area (Å²) in [4.78, 5) is 0. The van der Waals surface area contributed by atoms with Crippen LogP contribution in [-0.2, 0) is 14.6 Å². The number of hydrogen-bond acceptors (Lipinski definition) is 4. The van der Waals surface area contributed by atoms with Gasteiger partial charge in [0.15, 0.2) is 9.84 Å². The summed E-state index contributed by atoms with van der Waals surface area (Å²) in [5, 5.41) is 3.18. The third-order valence-corrected chi connectivity index (χ3v) is 6.25. The number of hydrogen-bond donors (Lipinski definition) is 1. The molecule has 4 nitrogen and oxygen atoms in total. The van der Waals surface area contributed by atoms with Crippen molar-refractivity contribution in [3.63, 3.8) is 0 Å². The highest BCUT2D eigenvalue weighted by molar-refractivity contribution is 7.92. The highest BCUT2D eigenvalue weighted by Crippen LogP contribution is 2.28. The van der Waals surface area contributed by atoms with Crippen molar-refractivity contribution in [1.29, 1.82) is 0 Å². The van der Waals surface area contributed by atoms with E-state index in [0.717, 1.165) is 32.5 Å². The van der Waals surface area contributed by atoms with Crippen molar-refractivity contribution in [1.82, 2.24) is 5.32 Å². The smallest absolute Gasteiger partial charge is 0.154 e. The second-order valence-corrected chi connectivity index (χ2v) is 8.10. The minimum Gasteiger partial charge on any atom is -0.381 e. The van der Waals surface area contributed by atoms with Crippen molar-refractivity contribution < 1.29 is 13.2 Å². The van der Waals surface area contributed by atoms with Crippen LogP contribution >= 0.6 is 0 Å². The molecule has 0 spiro atoms. The maximum atomic E-state index is 11.8. The first-order valence-corrected chi connectivity index (χ1v) is 8.12. The molecule has 1 fully saturated rings.